The molecule has 1 fully saturated rings. The summed E-state index contributed by atoms with van der Waals surface area (Å²) in [5.41, 5.74) is 0.494. The molecule has 1 aromatic heterocycles. The first-order valence-electron chi connectivity index (χ1n) is 11.3. The van der Waals surface area contributed by atoms with Gasteiger partial charge in [-0.05, 0) is 23.8 Å². The second kappa shape index (κ2) is 12.8. The Morgan fingerprint density at radius 1 is 1.22 bits per heavy atom. The van der Waals surface area contributed by atoms with Crippen LogP contribution in [-0.2, 0) is 20.9 Å². The van der Waals surface area contributed by atoms with Gasteiger partial charge in [0.15, 0.2) is 18.9 Å². The Hall–Kier alpha value is -1.89. The Kier molecular flexibility index (Phi) is 9.71. The van der Waals surface area contributed by atoms with Crippen LogP contribution in [0.15, 0.2) is 63.8 Å². The maximum atomic E-state index is 12.9. The first-order chi connectivity index (χ1) is 17.8. The highest BCUT2D eigenvalue weighted by Crippen LogP contribution is 2.41. The number of aliphatic carboxylic acids is 1. The summed E-state index contributed by atoms with van der Waals surface area (Å²) in [6, 6.07) is 8.01. The van der Waals surface area contributed by atoms with Crippen LogP contribution in [0.25, 0.3) is 0 Å². The van der Waals surface area contributed by atoms with Crippen LogP contribution in [-0.4, -0.2) is 63.1 Å². The summed E-state index contributed by atoms with van der Waals surface area (Å²) < 4.78 is 1.96. The van der Waals surface area contributed by atoms with Crippen molar-refractivity contribution in [1.82, 2.24) is 10.2 Å². The second-order valence-electron chi connectivity index (χ2n) is 8.20. The minimum atomic E-state index is -1.40. The molecule has 196 valence electrons. The normalized spacial score (nSPS) is 18.9. The number of pyridine rings is 1. The monoisotopic (exact) mass is 599 g/mol. The van der Waals surface area contributed by atoms with Gasteiger partial charge in [0.2, 0.25) is 5.91 Å². The number of halogens is 2. The summed E-state index contributed by atoms with van der Waals surface area (Å²) in [5, 5.41) is 24.1. The van der Waals surface area contributed by atoms with Crippen LogP contribution in [0.3, 0.4) is 0 Å². The summed E-state index contributed by atoms with van der Waals surface area (Å²) in [6.07, 6.45) is 4.48. The molecule has 2 aliphatic rings. The van der Waals surface area contributed by atoms with E-state index in [-0.39, 0.29) is 24.0 Å². The van der Waals surface area contributed by atoms with Crippen LogP contribution in [0.4, 0.5) is 0 Å². The van der Waals surface area contributed by atoms with Gasteiger partial charge in [0.05, 0.1) is 22.4 Å². The molecule has 0 radical (unpaired) electrons. The van der Waals surface area contributed by atoms with E-state index in [9.17, 15) is 19.5 Å². The van der Waals surface area contributed by atoms with Crippen LogP contribution in [0.5, 0.6) is 0 Å². The molecule has 0 bridgehead atoms. The summed E-state index contributed by atoms with van der Waals surface area (Å²) in [7, 11) is 0. The van der Waals surface area contributed by atoms with Crippen molar-refractivity contribution in [3.8, 4) is 0 Å². The molecule has 8 nitrogen and oxygen atoms in total. The van der Waals surface area contributed by atoms with E-state index >= 15 is 0 Å². The zero-order chi connectivity index (χ0) is 26.5. The molecule has 2 aliphatic heterocycles. The third-order valence-corrected chi connectivity index (χ3v) is 9.83. The Morgan fingerprint density at radius 2 is 1.97 bits per heavy atom. The number of nitrogens with one attached hydrogen (secondary N) is 1. The molecule has 37 heavy (non-hydrogen) atoms. The van der Waals surface area contributed by atoms with E-state index in [1.54, 1.807) is 18.2 Å². The van der Waals surface area contributed by atoms with Gasteiger partial charge < -0.3 is 20.3 Å². The smallest absolute Gasteiger partial charge is 0.253 e. The average molecular weight is 601 g/mol. The number of aromatic nitrogens is 1. The molecule has 0 aliphatic carbocycles. The number of nitrogens with zero attached hydrogens (tertiary/aromatic N) is 2. The molecule has 2 aromatic rings. The van der Waals surface area contributed by atoms with Crippen molar-refractivity contribution in [3.05, 3.63) is 64.0 Å². The summed E-state index contributed by atoms with van der Waals surface area (Å²) in [6.45, 7) is 0.834. The van der Waals surface area contributed by atoms with Gasteiger partial charge in [0.25, 0.3) is 5.91 Å². The third-order valence-electron chi connectivity index (χ3n) is 5.66. The van der Waals surface area contributed by atoms with Crippen LogP contribution >= 0.6 is 58.5 Å². The van der Waals surface area contributed by atoms with Crippen LogP contribution < -0.4 is 15.0 Å². The number of carboxylic acids is 1. The number of β-lactam (4-membered cyclic amide) rings is 1. The number of aryl methyl sites for hydroxylation is 1. The number of rotatable bonds is 11. The summed E-state index contributed by atoms with van der Waals surface area (Å²) in [4.78, 5) is 40.2. The number of aliphatic hydroxyl groups is 1. The number of amides is 2. The molecule has 13 heteroatoms. The molecule has 0 unspecified atom stereocenters. The SMILES string of the molecule is O=C(CSc1cc(Cl)ccc1Cl)N[C@@H]1C(=O)N2C(C(=O)[O-])=C(CSc3cc[n+](CCCO)cc3)CS[C@H]12. The lowest BCUT2D eigenvalue weighted by Crippen LogP contribution is -2.71. The topological polar surface area (TPSA) is 114 Å². The lowest BCUT2D eigenvalue weighted by Gasteiger charge is -2.50. The first kappa shape index (κ1) is 28.1. The van der Waals surface area contributed by atoms with Gasteiger partial charge in [0.1, 0.15) is 11.4 Å². The zero-order valence-electron chi connectivity index (χ0n) is 19.4. The Morgan fingerprint density at radius 3 is 2.68 bits per heavy atom. The van der Waals surface area contributed by atoms with E-state index in [1.807, 2.05) is 29.1 Å². The quantitative estimate of drug-likeness (QED) is 0.229. The first-order valence-corrected chi connectivity index (χ1v) is 15.0. The number of carbonyl (C=O) groups excluding carboxylic acids is 3. The van der Waals surface area contributed by atoms with Crippen LogP contribution in [0, 0.1) is 0 Å². The highest BCUT2D eigenvalue weighted by atomic mass is 35.5. The van der Waals surface area contributed by atoms with Gasteiger partial charge in [-0.15, -0.1) is 35.3 Å². The van der Waals surface area contributed by atoms with Gasteiger partial charge in [-0.3, -0.25) is 14.5 Å². The standard InChI is InChI=1S/C24H23Cl2N3O5S3/c25-15-2-3-17(26)18(10-15)36-13-19(31)27-20-22(32)29-21(24(33)34)14(12-37-23(20)29)11-35-16-4-7-28(8-5-16)6-1-9-30/h2-5,7-8,10,20,23,30H,1,6,9,11-13H2,(H-,27,31,33,34)/t20-,23-/m1/s1. The van der Waals surface area contributed by atoms with Gasteiger partial charge in [-0.1, -0.05) is 23.2 Å². The molecule has 2 amide bonds. The number of hydrogen-bond acceptors (Lipinski definition) is 8. The fourth-order valence-corrected chi connectivity index (χ4v) is 7.51. The fourth-order valence-electron chi connectivity index (χ4n) is 3.84. The van der Waals surface area contributed by atoms with Crippen molar-refractivity contribution < 1.29 is 29.2 Å². The van der Waals surface area contributed by atoms with Crippen molar-refractivity contribution in [2.24, 2.45) is 0 Å². The summed E-state index contributed by atoms with van der Waals surface area (Å²) in [5.74, 6) is -1.40. The van der Waals surface area contributed by atoms with Crippen LogP contribution in [0.2, 0.25) is 10.0 Å². The van der Waals surface area contributed by atoms with Crippen LogP contribution in [0.1, 0.15) is 6.42 Å². The Labute approximate surface area is 236 Å². The molecular weight excluding hydrogens is 577 g/mol. The molecule has 1 saturated heterocycles. The van der Waals surface area contributed by atoms with E-state index in [0.717, 1.165) is 4.90 Å². The molecule has 4 rings (SSSR count). The van der Waals surface area contributed by atoms with Gasteiger partial charge in [0, 0.05) is 51.5 Å². The third kappa shape index (κ3) is 6.76. The molecule has 0 saturated carbocycles. The van der Waals surface area contributed by atoms with Crippen molar-refractivity contribution in [1.29, 1.82) is 0 Å². The van der Waals surface area contributed by atoms with E-state index < -0.39 is 23.3 Å². The molecule has 0 spiro atoms. The lowest BCUT2D eigenvalue weighted by molar-refractivity contribution is -0.697. The van der Waals surface area contributed by atoms with Gasteiger partial charge in [-0.2, -0.15) is 0 Å². The number of aliphatic hydroxyl groups excluding tert-OH is 1. The molecule has 2 atom stereocenters. The number of thioether (sulfide) groups is 3. The Bertz CT molecular complexity index is 1230. The molecule has 1 aromatic carbocycles. The van der Waals surface area contributed by atoms with Gasteiger partial charge >= 0.3 is 0 Å². The fraction of sp³-hybridized carbons (Fsp3) is 0.333. The predicted molar refractivity (Wildman–Crippen MR) is 143 cm³/mol. The molecule has 3 heterocycles. The Balaban J connectivity index is 1.35. The number of benzene rings is 1. The van der Waals surface area contributed by atoms with E-state index in [2.05, 4.69) is 5.32 Å². The predicted octanol–water partition coefficient (Wildman–Crippen LogP) is 1.95. The number of hydrogen-bond donors (Lipinski definition) is 2. The van der Waals surface area contributed by atoms with Crippen molar-refractivity contribution in [3.63, 3.8) is 0 Å². The largest absolute Gasteiger partial charge is 0.543 e. The van der Waals surface area contributed by atoms with E-state index in [1.165, 1.54) is 40.2 Å². The minimum absolute atomic E-state index is 0.0311. The van der Waals surface area contributed by atoms with E-state index in [0.29, 0.717) is 45.0 Å². The minimum Gasteiger partial charge on any atom is -0.543 e. The lowest BCUT2D eigenvalue weighted by atomic mass is 10.0. The van der Waals surface area contributed by atoms with Crippen molar-refractivity contribution in [2.75, 3.05) is 23.9 Å². The second-order valence-corrected chi connectivity index (χ2v) is 12.2. The zero-order valence-corrected chi connectivity index (χ0v) is 23.4. The van der Waals surface area contributed by atoms with Crippen molar-refractivity contribution in [2.45, 2.75) is 34.2 Å². The molecule has 2 N–H and O–H groups in total. The van der Waals surface area contributed by atoms with Crippen molar-refractivity contribution >= 4 is 76.3 Å². The molecular formula is C24H23Cl2N3O5S3. The average Bonchev–Trinajstić information content (AvgIpc) is 2.89. The number of carbonyl (C=O) groups is 3. The highest BCUT2D eigenvalue weighted by molar-refractivity contribution is 8.01. The number of fused-ring (bicyclic) bond motifs is 1. The van der Waals surface area contributed by atoms with E-state index in [4.69, 9.17) is 28.3 Å². The maximum Gasteiger partial charge on any atom is 0.253 e. The maximum absolute atomic E-state index is 12.9. The summed E-state index contributed by atoms with van der Waals surface area (Å²) >= 11 is 16.2. The number of carboxylic acid groups (broad SMARTS) is 1. The van der Waals surface area contributed by atoms with Gasteiger partial charge in [-0.25, -0.2) is 4.57 Å². The highest BCUT2D eigenvalue weighted by Gasteiger charge is 2.52.